The number of benzene rings is 1. The minimum Gasteiger partial charge on any atom is -0.466 e. The smallest absolute Gasteiger partial charge is 0.354 e. The Balaban J connectivity index is 2.28. The van der Waals surface area contributed by atoms with Gasteiger partial charge in [-0.25, -0.2) is 14.6 Å². The second-order valence-corrected chi connectivity index (χ2v) is 3.83. The van der Waals surface area contributed by atoms with Gasteiger partial charge in [-0.05, 0) is 18.2 Å². The maximum atomic E-state index is 11.6. The highest BCUT2D eigenvalue weighted by Gasteiger charge is 2.13. The van der Waals surface area contributed by atoms with Crippen molar-refractivity contribution in [2.24, 2.45) is 0 Å². The summed E-state index contributed by atoms with van der Waals surface area (Å²) in [5.41, 5.74) is 2.20. The number of fused-ring (bicyclic) bond motifs is 1. The van der Waals surface area contributed by atoms with Crippen molar-refractivity contribution in [3.05, 3.63) is 36.3 Å². The summed E-state index contributed by atoms with van der Waals surface area (Å²) in [7, 11) is 2.46. The molecule has 0 bridgehead atoms. The molecule has 2 N–H and O–H groups in total. The monoisotopic (exact) mass is 275 g/mol. The summed E-state index contributed by atoms with van der Waals surface area (Å²) in [5.74, 6) is -1.32. The molecule has 7 heteroatoms. The molecule has 2 aromatic rings. The van der Waals surface area contributed by atoms with Crippen molar-refractivity contribution >= 4 is 28.7 Å². The van der Waals surface area contributed by atoms with Crippen molar-refractivity contribution in [3.8, 4) is 0 Å². The van der Waals surface area contributed by atoms with Gasteiger partial charge in [-0.3, -0.25) is 0 Å². The first-order chi connectivity index (χ1) is 9.63. The van der Waals surface area contributed by atoms with Crippen LogP contribution in [-0.4, -0.2) is 36.1 Å². The topological polar surface area (TPSA) is 93.3 Å². The van der Waals surface area contributed by atoms with Gasteiger partial charge in [-0.2, -0.15) is 0 Å². The maximum Gasteiger partial charge on any atom is 0.354 e. The van der Waals surface area contributed by atoms with E-state index in [1.165, 1.54) is 14.2 Å². The predicted octanol–water partition coefficient (Wildman–Crippen LogP) is 1.20. The number of carbonyl (C=O) groups is 2. The van der Waals surface area contributed by atoms with E-state index in [1.807, 2.05) is 0 Å². The second-order valence-electron chi connectivity index (χ2n) is 3.83. The summed E-state index contributed by atoms with van der Waals surface area (Å²) >= 11 is 0. The van der Waals surface area contributed by atoms with Gasteiger partial charge in [0.2, 0.25) is 0 Å². The van der Waals surface area contributed by atoms with Crippen molar-refractivity contribution in [2.75, 3.05) is 19.5 Å². The summed E-state index contributed by atoms with van der Waals surface area (Å²) in [6, 6.07) is 5.27. The molecule has 2 rings (SSSR count). The zero-order valence-corrected chi connectivity index (χ0v) is 11.0. The van der Waals surface area contributed by atoms with Crippen LogP contribution in [0.2, 0.25) is 0 Å². The average Bonchev–Trinajstić information content (AvgIpc) is 2.93. The maximum absolute atomic E-state index is 11.6. The van der Waals surface area contributed by atoms with E-state index in [2.05, 4.69) is 24.8 Å². The molecule has 0 aliphatic rings. The number of aromatic nitrogens is 2. The van der Waals surface area contributed by atoms with Crippen LogP contribution in [0.15, 0.2) is 36.3 Å². The Bertz CT molecular complexity index is 675. The number of anilines is 1. The summed E-state index contributed by atoms with van der Waals surface area (Å²) in [5, 5.41) is 2.81. The van der Waals surface area contributed by atoms with Crippen molar-refractivity contribution in [1.82, 2.24) is 9.97 Å². The minimum absolute atomic E-state index is 0.0155. The zero-order chi connectivity index (χ0) is 14.5. The lowest BCUT2D eigenvalue weighted by molar-refractivity contribution is -0.138. The van der Waals surface area contributed by atoms with Crippen LogP contribution in [0.1, 0.15) is 0 Å². The third kappa shape index (κ3) is 2.94. The molecule has 0 amide bonds. The lowest BCUT2D eigenvalue weighted by Gasteiger charge is -2.08. The van der Waals surface area contributed by atoms with E-state index in [0.717, 1.165) is 17.1 Å². The molecule has 20 heavy (non-hydrogen) atoms. The molecule has 0 aliphatic heterocycles. The Morgan fingerprint density at radius 3 is 2.80 bits per heavy atom. The Labute approximate surface area is 114 Å². The Morgan fingerprint density at radius 2 is 2.10 bits per heavy atom. The number of H-pyrrole nitrogens is 1. The van der Waals surface area contributed by atoms with E-state index in [4.69, 9.17) is 0 Å². The number of esters is 2. The number of methoxy groups -OCH3 is 2. The van der Waals surface area contributed by atoms with E-state index in [9.17, 15) is 9.59 Å². The van der Waals surface area contributed by atoms with Crippen molar-refractivity contribution < 1.29 is 19.1 Å². The van der Waals surface area contributed by atoms with Gasteiger partial charge in [0.15, 0.2) is 0 Å². The lowest BCUT2D eigenvalue weighted by atomic mass is 10.2. The van der Waals surface area contributed by atoms with Crippen LogP contribution in [0.25, 0.3) is 11.0 Å². The van der Waals surface area contributed by atoms with Gasteiger partial charge in [0.1, 0.15) is 5.70 Å². The van der Waals surface area contributed by atoms with Gasteiger partial charge in [-0.1, -0.05) is 0 Å². The number of hydrogen-bond acceptors (Lipinski definition) is 6. The molecule has 0 saturated heterocycles. The van der Waals surface area contributed by atoms with E-state index < -0.39 is 11.9 Å². The molecular formula is C13H13N3O4. The molecule has 0 radical (unpaired) electrons. The molecule has 104 valence electrons. The number of aromatic amines is 1. The van der Waals surface area contributed by atoms with Crippen LogP contribution in [0, 0.1) is 0 Å². The Kier molecular flexibility index (Phi) is 3.99. The highest BCUT2D eigenvalue weighted by atomic mass is 16.5. The van der Waals surface area contributed by atoms with Crippen molar-refractivity contribution in [2.45, 2.75) is 0 Å². The first-order valence-electron chi connectivity index (χ1n) is 5.72. The van der Waals surface area contributed by atoms with Crippen LogP contribution in [0.5, 0.6) is 0 Å². The molecule has 1 heterocycles. The fourth-order valence-corrected chi connectivity index (χ4v) is 1.60. The van der Waals surface area contributed by atoms with Crippen LogP contribution < -0.4 is 5.32 Å². The standard InChI is InChI=1S/C13H13N3O4/c1-19-12(17)6-11(13(18)20-2)16-8-3-4-9-10(5-8)15-7-14-9/h3-7,16H,1-2H3,(H,14,15)/b11-6+. The normalized spacial score (nSPS) is 11.2. The van der Waals surface area contributed by atoms with Crippen LogP contribution in [-0.2, 0) is 19.1 Å². The number of carbonyl (C=O) groups excluding carboxylic acids is 2. The summed E-state index contributed by atoms with van der Waals surface area (Å²) < 4.78 is 9.10. The summed E-state index contributed by atoms with van der Waals surface area (Å²) in [6.45, 7) is 0. The average molecular weight is 275 g/mol. The fraction of sp³-hybridized carbons (Fsp3) is 0.154. The number of nitrogens with zero attached hydrogens (tertiary/aromatic N) is 1. The van der Waals surface area contributed by atoms with Gasteiger partial charge in [0.05, 0.1) is 37.7 Å². The second kappa shape index (κ2) is 5.87. The third-order valence-corrected chi connectivity index (χ3v) is 2.57. The lowest BCUT2D eigenvalue weighted by Crippen LogP contribution is -2.15. The predicted molar refractivity (Wildman–Crippen MR) is 71.8 cm³/mol. The van der Waals surface area contributed by atoms with Gasteiger partial charge >= 0.3 is 11.9 Å². The third-order valence-electron chi connectivity index (χ3n) is 2.57. The van der Waals surface area contributed by atoms with Crippen LogP contribution in [0.4, 0.5) is 5.69 Å². The highest BCUT2D eigenvalue weighted by Crippen LogP contribution is 2.17. The van der Waals surface area contributed by atoms with E-state index >= 15 is 0 Å². The Hall–Kier alpha value is -2.83. The molecule has 0 fully saturated rings. The van der Waals surface area contributed by atoms with E-state index in [1.54, 1.807) is 24.5 Å². The zero-order valence-electron chi connectivity index (χ0n) is 11.0. The van der Waals surface area contributed by atoms with Gasteiger partial charge in [-0.15, -0.1) is 0 Å². The fourth-order valence-electron chi connectivity index (χ4n) is 1.60. The van der Waals surface area contributed by atoms with E-state index in [-0.39, 0.29) is 5.70 Å². The molecule has 0 saturated carbocycles. The van der Waals surface area contributed by atoms with E-state index in [0.29, 0.717) is 5.69 Å². The number of hydrogen-bond donors (Lipinski definition) is 2. The largest absolute Gasteiger partial charge is 0.466 e. The van der Waals surface area contributed by atoms with Crippen LogP contribution >= 0.6 is 0 Å². The summed E-state index contributed by atoms with van der Waals surface area (Å²) in [6.07, 6.45) is 2.60. The van der Waals surface area contributed by atoms with Gasteiger partial charge in [0, 0.05) is 5.69 Å². The molecule has 1 aromatic heterocycles. The molecule has 1 aromatic carbocycles. The quantitative estimate of drug-likeness (QED) is 0.643. The molecular weight excluding hydrogens is 262 g/mol. The molecule has 0 spiro atoms. The van der Waals surface area contributed by atoms with Crippen LogP contribution in [0.3, 0.4) is 0 Å². The molecule has 0 atom stereocenters. The number of ether oxygens (including phenoxy) is 2. The number of imidazole rings is 1. The Morgan fingerprint density at radius 1 is 1.30 bits per heavy atom. The minimum atomic E-state index is -0.667. The van der Waals surface area contributed by atoms with Crippen molar-refractivity contribution in [1.29, 1.82) is 0 Å². The number of nitrogens with one attached hydrogen (secondary N) is 2. The molecule has 7 nitrogen and oxygen atoms in total. The first-order valence-corrected chi connectivity index (χ1v) is 5.72. The molecule has 0 aliphatic carbocycles. The van der Waals surface area contributed by atoms with Gasteiger partial charge < -0.3 is 19.8 Å². The SMILES string of the molecule is COC(=O)/C=C(/Nc1ccc2nc[nH]c2c1)C(=O)OC. The first kappa shape index (κ1) is 13.6. The van der Waals surface area contributed by atoms with Crippen molar-refractivity contribution in [3.63, 3.8) is 0 Å². The molecule has 0 unspecified atom stereocenters. The summed E-state index contributed by atoms with van der Waals surface area (Å²) in [4.78, 5) is 29.9. The number of rotatable bonds is 4. The van der Waals surface area contributed by atoms with Gasteiger partial charge in [0.25, 0.3) is 0 Å². The highest BCUT2D eigenvalue weighted by molar-refractivity contribution is 5.99.